The summed E-state index contributed by atoms with van der Waals surface area (Å²) in [5, 5.41) is 31.7. The van der Waals surface area contributed by atoms with Gasteiger partial charge < -0.3 is 20.1 Å². The summed E-state index contributed by atoms with van der Waals surface area (Å²) in [6.07, 6.45) is 10.7. The van der Waals surface area contributed by atoms with E-state index in [1.165, 1.54) is 38.5 Å². The first-order valence-electron chi connectivity index (χ1n) is 14.4. The molecule has 4 heteroatoms. The van der Waals surface area contributed by atoms with E-state index in [2.05, 4.69) is 27.7 Å². The van der Waals surface area contributed by atoms with Crippen molar-refractivity contribution in [1.29, 1.82) is 0 Å². The minimum Gasteiger partial charge on any atom is -0.393 e. The Morgan fingerprint density at radius 2 is 1.71 bits per heavy atom. The molecule has 11 unspecified atom stereocenters. The van der Waals surface area contributed by atoms with Gasteiger partial charge in [-0.3, -0.25) is 0 Å². The van der Waals surface area contributed by atoms with E-state index in [9.17, 15) is 15.3 Å². The fraction of sp³-hybridized carbons (Fsp3) is 1.00. The second-order valence-electron chi connectivity index (χ2n) is 14.7. The molecule has 5 fully saturated rings. The van der Waals surface area contributed by atoms with Crippen molar-refractivity contribution in [1.82, 2.24) is 0 Å². The number of hydrogen-bond acceptors (Lipinski definition) is 4. The molecule has 196 valence electrons. The molecule has 0 aromatic carbocycles. The standard InChI is InChI=1S/C30H52O4/c1-18-29-16-15-28(6)20(9-8-10-24(32)27(4,5)33)22(31)17-21(28)19(29)11-12-23-26(2,3)25(34-7)13-14-30(18,23)29/h18-25,31-33H,8-17H2,1-7H3. The molecule has 0 bridgehead atoms. The van der Waals surface area contributed by atoms with E-state index in [0.717, 1.165) is 37.0 Å². The van der Waals surface area contributed by atoms with E-state index in [1.807, 2.05) is 7.11 Å². The highest BCUT2D eigenvalue weighted by atomic mass is 16.5. The van der Waals surface area contributed by atoms with Gasteiger partial charge in [0.15, 0.2) is 0 Å². The van der Waals surface area contributed by atoms with Crippen molar-refractivity contribution in [3.8, 4) is 0 Å². The number of aliphatic hydroxyl groups excluding tert-OH is 2. The molecular formula is C30H52O4. The number of hydrogen-bond donors (Lipinski definition) is 3. The van der Waals surface area contributed by atoms with E-state index >= 15 is 0 Å². The molecule has 5 aliphatic carbocycles. The topological polar surface area (TPSA) is 69.9 Å². The van der Waals surface area contributed by atoms with Crippen molar-refractivity contribution >= 4 is 0 Å². The summed E-state index contributed by atoms with van der Waals surface area (Å²) in [6, 6.07) is 0. The number of ether oxygens (including phenoxy) is 1. The minimum absolute atomic E-state index is 0.213. The van der Waals surface area contributed by atoms with Crippen LogP contribution in [0, 0.1) is 51.2 Å². The van der Waals surface area contributed by atoms with Gasteiger partial charge in [0.2, 0.25) is 0 Å². The molecule has 0 amide bonds. The predicted octanol–water partition coefficient (Wildman–Crippen LogP) is 5.57. The van der Waals surface area contributed by atoms with Crippen LogP contribution in [-0.4, -0.2) is 46.3 Å². The van der Waals surface area contributed by atoms with Gasteiger partial charge in [-0.25, -0.2) is 0 Å². The maximum Gasteiger partial charge on any atom is 0.0849 e. The lowest BCUT2D eigenvalue weighted by Gasteiger charge is -2.59. The van der Waals surface area contributed by atoms with E-state index in [-0.39, 0.29) is 16.9 Å². The van der Waals surface area contributed by atoms with Gasteiger partial charge in [0.25, 0.3) is 0 Å². The number of aliphatic hydroxyl groups is 3. The highest BCUT2D eigenvalue weighted by molar-refractivity contribution is 5.32. The first-order chi connectivity index (χ1) is 15.8. The Kier molecular flexibility index (Phi) is 5.94. The summed E-state index contributed by atoms with van der Waals surface area (Å²) in [4.78, 5) is 0. The van der Waals surface area contributed by atoms with Crippen LogP contribution >= 0.6 is 0 Å². The Morgan fingerprint density at radius 3 is 2.35 bits per heavy atom. The van der Waals surface area contributed by atoms with Crippen molar-refractivity contribution < 1.29 is 20.1 Å². The molecule has 4 nitrogen and oxygen atoms in total. The summed E-state index contributed by atoms with van der Waals surface area (Å²) in [5.74, 6) is 3.28. The van der Waals surface area contributed by atoms with Crippen LogP contribution in [0.5, 0.6) is 0 Å². The first-order valence-corrected chi connectivity index (χ1v) is 14.4. The first kappa shape index (κ1) is 25.5. The Hall–Kier alpha value is -0.160. The Morgan fingerprint density at radius 1 is 1.00 bits per heavy atom. The van der Waals surface area contributed by atoms with Crippen LogP contribution in [0.4, 0.5) is 0 Å². The smallest absolute Gasteiger partial charge is 0.0849 e. The van der Waals surface area contributed by atoms with Crippen molar-refractivity contribution in [2.24, 2.45) is 51.2 Å². The van der Waals surface area contributed by atoms with Gasteiger partial charge in [-0.2, -0.15) is 0 Å². The third-order valence-corrected chi connectivity index (χ3v) is 13.2. The number of rotatable bonds is 6. The zero-order chi connectivity index (χ0) is 24.9. The van der Waals surface area contributed by atoms with Crippen LogP contribution in [0.25, 0.3) is 0 Å². The second-order valence-corrected chi connectivity index (χ2v) is 14.7. The molecule has 0 radical (unpaired) electrons. The van der Waals surface area contributed by atoms with Crippen molar-refractivity contribution in [3.63, 3.8) is 0 Å². The largest absolute Gasteiger partial charge is 0.393 e. The summed E-state index contributed by atoms with van der Waals surface area (Å²) >= 11 is 0. The quantitative estimate of drug-likeness (QED) is 0.469. The van der Waals surface area contributed by atoms with Crippen LogP contribution in [0.15, 0.2) is 0 Å². The zero-order valence-corrected chi connectivity index (χ0v) is 22.9. The average Bonchev–Trinajstić information content (AvgIpc) is 3.17. The number of methoxy groups -OCH3 is 1. The molecule has 11 atom stereocenters. The second kappa shape index (κ2) is 7.92. The van der Waals surface area contributed by atoms with Crippen molar-refractivity contribution in [3.05, 3.63) is 0 Å². The Labute approximate surface area is 208 Å². The van der Waals surface area contributed by atoms with Gasteiger partial charge >= 0.3 is 0 Å². The summed E-state index contributed by atoms with van der Waals surface area (Å²) < 4.78 is 6.01. The molecule has 0 saturated heterocycles. The summed E-state index contributed by atoms with van der Waals surface area (Å²) in [6.45, 7) is 13.4. The third-order valence-electron chi connectivity index (χ3n) is 13.2. The van der Waals surface area contributed by atoms with Gasteiger partial charge in [-0.15, -0.1) is 0 Å². The van der Waals surface area contributed by atoms with Crippen molar-refractivity contribution in [2.45, 2.75) is 130 Å². The monoisotopic (exact) mass is 476 g/mol. The summed E-state index contributed by atoms with van der Waals surface area (Å²) in [5.41, 5.74) is 0.389. The van der Waals surface area contributed by atoms with Gasteiger partial charge in [-0.05, 0) is 123 Å². The lowest BCUT2D eigenvalue weighted by molar-refractivity contribution is -0.141. The van der Waals surface area contributed by atoms with Gasteiger partial charge in [0, 0.05) is 7.11 Å². The Balaban J connectivity index is 1.36. The fourth-order valence-corrected chi connectivity index (χ4v) is 11.6. The van der Waals surface area contributed by atoms with E-state index in [4.69, 9.17) is 4.74 Å². The average molecular weight is 477 g/mol. The van der Waals surface area contributed by atoms with Crippen molar-refractivity contribution in [2.75, 3.05) is 7.11 Å². The fourth-order valence-electron chi connectivity index (χ4n) is 11.6. The Bertz CT molecular complexity index is 787. The maximum absolute atomic E-state index is 11.3. The molecule has 0 aliphatic heterocycles. The predicted molar refractivity (Wildman–Crippen MR) is 135 cm³/mol. The van der Waals surface area contributed by atoms with Crippen LogP contribution in [0.2, 0.25) is 0 Å². The van der Waals surface area contributed by atoms with E-state index in [1.54, 1.807) is 13.8 Å². The normalized spacial score (nSPS) is 52.2. The highest BCUT2D eigenvalue weighted by Gasteiger charge is 2.84. The number of fused-ring (bicyclic) bond motifs is 2. The van der Waals surface area contributed by atoms with Gasteiger partial charge in [0.1, 0.15) is 0 Å². The molecule has 5 rings (SSSR count). The lowest BCUT2D eigenvalue weighted by atomic mass is 9.46. The lowest BCUT2D eigenvalue weighted by Crippen LogP contribution is -2.54. The molecule has 2 spiro atoms. The third kappa shape index (κ3) is 3.10. The zero-order valence-electron chi connectivity index (χ0n) is 22.9. The van der Waals surface area contributed by atoms with Crippen LogP contribution < -0.4 is 0 Å². The molecule has 5 aliphatic rings. The molecule has 0 aromatic rings. The molecular weight excluding hydrogens is 424 g/mol. The van der Waals surface area contributed by atoms with E-state index < -0.39 is 11.7 Å². The molecule has 34 heavy (non-hydrogen) atoms. The molecule has 0 aromatic heterocycles. The molecule has 3 N–H and O–H groups in total. The minimum atomic E-state index is -1.05. The van der Waals surface area contributed by atoms with Gasteiger partial charge in [0.05, 0.1) is 23.9 Å². The van der Waals surface area contributed by atoms with Crippen LogP contribution in [-0.2, 0) is 4.74 Å². The molecule has 0 heterocycles. The van der Waals surface area contributed by atoms with E-state index in [0.29, 0.717) is 35.2 Å². The maximum atomic E-state index is 11.3. The van der Waals surface area contributed by atoms with Gasteiger partial charge in [-0.1, -0.05) is 34.1 Å². The summed E-state index contributed by atoms with van der Waals surface area (Å²) in [7, 11) is 1.91. The SMILES string of the molecule is COC1CCC23C(CCC4C5CC(O)C(CCCC(O)C(C)(C)O)C5(C)CCC42C3C)C1(C)C. The highest BCUT2D eigenvalue weighted by Crippen LogP contribution is 2.89. The van der Waals surface area contributed by atoms with Crippen LogP contribution in [0.1, 0.15) is 106 Å². The molecule has 5 saturated carbocycles. The van der Waals surface area contributed by atoms with Crippen LogP contribution in [0.3, 0.4) is 0 Å².